The fourth-order valence-electron chi connectivity index (χ4n) is 4.92. The molecular weight excluding hydrogens is 486 g/mol. The molecule has 2 aromatic carbocycles. The van der Waals surface area contributed by atoms with Crippen LogP contribution in [0.4, 0.5) is 11.4 Å². The highest BCUT2D eigenvalue weighted by Gasteiger charge is 2.36. The molecule has 2 aromatic rings. The molecule has 2 saturated carbocycles. The first kappa shape index (κ1) is 30.2. The van der Waals surface area contributed by atoms with Crippen molar-refractivity contribution in [1.29, 1.82) is 0 Å². The second-order valence-electron chi connectivity index (χ2n) is 9.46. The Kier molecular flexibility index (Phi) is 11.0. The van der Waals surface area contributed by atoms with E-state index in [1.165, 1.54) is 12.8 Å². The summed E-state index contributed by atoms with van der Waals surface area (Å²) in [5, 5.41) is 0. The van der Waals surface area contributed by atoms with Gasteiger partial charge in [0, 0.05) is 47.5 Å². The summed E-state index contributed by atoms with van der Waals surface area (Å²) in [6, 6.07) is 16.1. The van der Waals surface area contributed by atoms with Gasteiger partial charge in [-0.1, -0.05) is 64.1 Å². The third-order valence-electron chi connectivity index (χ3n) is 6.99. The Hall–Kier alpha value is -3.32. The molecule has 1 atom stereocenters. The minimum absolute atomic E-state index is 0.107. The maximum Gasteiger partial charge on any atom is 0.266 e. The highest BCUT2D eigenvalue weighted by atomic mass is 16.2. The molecule has 7 heteroatoms. The lowest BCUT2D eigenvalue weighted by Crippen LogP contribution is -2.42. The molecule has 2 aliphatic heterocycles. The van der Waals surface area contributed by atoms with E-state index in [1.807, 2.05) is 88.9 Å². The fraction of sp³-hybridized carbons (Fsp3) is 0.500. The average Bonchev–Trinajstić information content (AvgIpc) is 3.89. The number of hydrogen-bond acceptors (Lipinski definition) is 5. The Morgan fingerprint density at radius 1 is 0.744 bits per heavy atom. The van der Waals surface area contributed by atoms with Gasteiger partial charge >= 0.3 is 0 Å². The van der Waals surface area contributed by atoms with Crippen molar-refractivity contribution in [2.45, 2.75) is 73.4 Å². The van der Waals surface area contributed by atoms with Crippen LogP contribution >= 0.6 is 0 Å². The van der Waals surface area contributed by atoms with E-state index in [9.17, 15) is 9.59 Å². The van der Waals surface area contributed by atoms with Crippen LogP contribution in [0.5, 0.6) is 0 Å². The SMILES string of the molecule is CC.CC.CCN1C(=O)C(N)N=C(C2CC2)c2ccccc21.CCN1C(=O)CN=C(C2CC2)c2ccccc21. The van der Waals surface area contributed by atoms with Crippen molar-refractivity contribution in [3.63, 3.8) is 0 Å². The van der Waals surface area contributed by atoms with Crippen LogP contribution in [0.1, 0.15) is 78.4 Å². The molecule has 2 N–H and O–H groups in total. The van der Waals surface area contributed by atoms with Gasteiger partial charge in [-0.25, -0.2) is 0 Å². The number of anilines is 2. The number of amides is 2. The summed E-state index contributed by atoms with van der Waals surface area (Å²) in [5.74, 6) is 1.07. The van der Waals surface area contributed by atoms with Crippen molar-refractivity contribution >= 4 is 34.6 Å². The molecule has 2 fully saturated rings. The van der Waals surface area contributed by atoms with Gasteiger partial charge in [0.25, 0.3) is 5.91 Å². The molecule has 0 radical (unpaired) electrons. The summed E-state index contributed by atoms with van der Waals surface area (Å²) in [5.41, 5.74) is 12.3. The number of aliphatic imine (C=N–C) groups is 2. The minimum atomic E-state index is -0.757. The van der Waals surface area contributed by atoms with E-state index in [1.54, 1.807) is 4.90 Å². The minimum Gasteiger partial charge on any atom is -0.310 e. The lowest BCUT2D eigenvalue weighted by molar-refractivity contribution is -0.119. The Morgan fingerprint density at radius 2 is 1.21 bits per heavy atom. The standard InChI is InChI=1S/C14H17N3O.C14H16N2O.2C2H6/c1-2-17-11-6-4-3-5-10(11)12(9-7-8-9)16-13(15)14(17)18;1-2-16-12-6-4-3-5-11(12)14(10-7-8-10)15-9-13(16)17;2*1-2/h3-6,9,13H,2,7-8,15H2,1H3;3-6,10H,2,7-9H2,1H3;2*1-2H3. The molecule has 2 amide bonds. The quantitative estimate of drug-likeness (QED) is 0.537. The molecule has 1 unspecified atom stereocenters. The summed E-state index contributed by atoms with van der Waals surface area (Å²) in [6.45, 7) is 13.6. The van der Waals surface area contributed by atoms with E-state index in [2.05, 4.69) is 16.1 Å². The Bertz CT molecular complexity index is 1200. The van der Waals surface area contributed by atoms with Crippen molar-refractivity contribution in [2.24, 2.45) is 27.6 Å². The Labute approximate surface area is 234 Å². The topological polar surface area (TPSA) is 91.4 Å². The zero-order valence-electron chi connectivity index (χ0n) is 24.5. The second kappa shape index (κ2) is 14.2. The number of carbonyl (C=O) groups excluding carboxylic acids is 2. The summed E-state index contributed by atoms with van der Waals surface area (Å²) in [7, 11) is 0. The van der Waals surface area contributed by atoms with Crippen molar-refractivity contribution in [3.05, 3.63) is 59.7 Å². The molecule has 2 heterocycles. The fourth-order valence-corrected chi connectivity index (χ4v) is 4.92. The number of nitrogens with zero attached hydrogens (tertiary/aromatic N) is 4. The molecule has 39 heavy (non-hydrogen) atoms. The number of fused-ring (bicyclic) bond motifs is 2. The van der Waals surface area contributed by atoms with E-state index in [0.717, 1.165) is 46.8 Å². The molecule has 7 nitrogen and oxygen atoms in total. The molecule has 0 saturated heterocycles. The molecule has 210 valence electrons. The van der Waals surface area contributed by atoms with Gasteiger partial charge in [0.2, 0.25) is 5.91 Å². The van der Waals surface area contributed by atoms with Gasteiger partial charge in [0.1, 0.15) is 6.54 Å². The van der Waals surface area contributed by atoms with E-state index in [4.69, 9.17) is 5.73 Å². The number of nitrogens with two attached hydrogens (primary N) is 1. The monoisotopic (exact) mass is 531 g/mol. The van der Waals surface area contributed by atoms with Crippen molar-refractivity contribution < 1.29 is 9.59 Å². The zero-order chi connectivity index (χ0) is 28.5. The first-order valence-corrected chi connectivity index (χ1v) is 14.7. The van der Waals surface area contributed by atoms with Crippen LogP contribution in [0.2, 0.25) is 0 Å². The van der Waals surface area contributed by atoms with Gasteiger partial charge in [-0.3, -0.25) is 19.6 Å². The predicted molar refractivity (Wildman–Crippen MR) is 163 cm³/mol. The highest BCUT2D eigenvalue weighted by molar-refractivity contribution is 6.14. The first-order chi connectivity index (χ1) is 19.0. The van der Waals surface area contributed by atoms with Crippen LogP contribution in [0, 0.1) is 11.8 Å². The van der Waals surface area contributed by atoms with Crippen molar-refractivity contribution in [1.82, 2.24) is 0 Å². The molecule has 0 aromatic heterocycles. The second-order valence-corrected chi connectivity index (χ2v) is 9.46. The van der Waals surface area contributed by atoms with Crippen LogP contribution in [0.3, 0.4) is 0 Å². The van der Waals surface area contributed by atoms with E-state index in [-0.39, 0.29) is 11.8 Å². The van der Waals surface area contributed by atoms with Crippen LogP contribution < -0.4 is 15.5 Å². The van der Waals surface area contributed by atoms with Gasteiger partial charge in [-0.05, 0) is 51.7 Å². The van der Waals surface area contributed by atoms with Crippen LogP contribution in [-0.4, -0.2) is 49.0 Å². The Balaban J connectivity index is 0.000000192. The third kappa shape index (κ3) is 6.82. The van der Waals surface area contributed by atoms with Gasteiger partial charge in [-0.2, -0.15) is 0 Å². The number of benzodiazepines with no additional fused rings is 2. The van der Waals surface area contributed by atoms with Crippen LogP contribution in [0.15, 0.2) is 58.5 Å². The normalized spacial score (nSPS) is 19.7. The lowest BCUT2D eigenvalue weighted by Gasteiger charge is -2.22. The smallest absolute Gasteiger partial charge is 0.266 e. The van der Waals surface area contributed by atoms with Crippen LogP contribution in [0.25, 0.3) is 0 Å². The van der Waals surface area contributed by atoms with Gasteiger partial charge in [0.05, 0.1) is 11.4 Å². The maximum atomic E-state index is 12.2. The molecule has 4 aliphatic rings. The van der Waals surface area contributed by atoms with E-state index < -0.39 is 6.17 Å². The van der Waals surface area contributed by atoms with Crippen molar-refractivity contribution in [2.75, 3.05) is 29.4 Å². The average molecular weight is 532 g/mol. The van der Waals surface area contributed by atoms with Gasteiger partial charge in [-0.15, -0.1) is 0 Å². The number of benzene rings is 2. The summed E-state index contributed by atoms with van der Waals surface area (Å²) >= 11 is 0. The summed E-state index contributed by atoms with van der Waals surface area (Å²) < 4.78 is 0. The van der Waals surface area contributed by atoms with E-state index in [0.29, 0.717) is 31.5 Å². The predicted octanol–water partition coefficient (Wildman–Crippen LogP) is 5.84. The molecule has 6 rings (SSSR count). The molecule has 2 aliphatic carbocycles. The van der Waals surface area contributed by atoms with Gasteiger partial charge in [0.15, 0.2) is 6.17 Å². The highest BCUT2D eigenvalue weighted by Crippen LogP contribution is 2.38. The number of hydrogen-bond donors (Lipinski definition) is 1. The zero-order valence-corrected chi connectivity index (χ0v) is 24.5. The molecule has 0 bridgehead atoms. The maximum absolute atomic E-state index is 12.2. The lowest BCUT2D eigenvalue weighted by atomic mass is 10.0. The number of rotatable bonds is 4. The molecule has 0 spiro atoms. The number of para-hydroxylation sites is 2. The first-order valence-electron chi connectivity index (χ1n) is 14.7. The van der Waals surface area contributed by atoms with E-state index >= 15 is 0 Å². The summed E-state index contributed by atoms with van der Waals surface area (Å²) in [4.78, 5) is 36.8. The Morgan fingerprint density at radius 3 is 1.72 bits per heavy atom. The van der Waals surface area contributed by atoms with Gasteiger partial charge < -0.3 is 15.5 Å². The van der Waals surface area contributed by atoms with Crippen molar-refractivity contribution in [3.8, 4) is 0 Å². The third-order valence-corrected chi connectivity index (χ3v) is 6.99. The van der Waals surface area contributed by atoms with Crippen LogP contribution in [-0.2, 0) is 9.59 Å². The number of carbonyl (C=O) groups is 2. The number of likely N-dealkylation sites (N-methyl/N-ethyl adjacent to an activating group) is 2. The largest absolute Gasteiger partial charge is 0.310 e. The molecular formula is C32H45N5O2. The summed E-state index contributed by atoms with van der Waals surface area (Å²) in [6.07, 6.45) is 3.98.